The highest BCUT2D eigenvalue weighted by molar-refractivity contribution is 7.12. The van der Waals surface area contributed by atoms with Crippen molar-refractivity contribution in [1.29, 1.82) is 0 Å². The van der Waals surface area contributed by atoms with Crippen molar-refractivity contribution in [2.75, 3.05) is 5.32 Å². The standard InChI is InChI=1S/C18H14ClN3O2S/c19-12-4-1-5-13(10-12)20-18(23)22-15(16-6-2-8-24-16)11-14(21-22)17-7-3-9-25-17/h1-10,15H,11H2,(H,20,23)/t15-/m1/s1. The summed E-state index contributed by atoms with van der Waals surface area (Å²) < 4.78 is 5.52. The van der Waals surface area contributed by atoms with Crippen molar-refractivity contribution in [3.05, 3.63) is 75.8 Å². The van der Waals surface area contributed by atoms with E-state index in [1.54, 1.807) is 41.9 Å². The van der Waals surface area contributed by atoms with Crippen LogP contribution in [-0.4, -0.2) is 16.8 Å². The number of carbonyl (C=O) groups is 1. The Labute approximate surface area is 153 Å². The predicted octanol–water partition coefficient (Wildman–Crippen LogP) is 5.38. The molecule has 0 saturated carbocycles. The van der Waals surface area contributed by atoms with Crippen molar-refractivity contribution in [2.24, 2.45) is 5.10 Å². The van der Waals surface area contributed by atoms with Crippen LogP contribution in [0, 0.1) is 0 Å². The molecule has 1 aliphatic rings. The molecule has 2 aromatic heterocycles. The van der Waals surface area contributed by atoms with E-state index < -0.39 is 0 Å². The molecule has 1 atom stereocenters. The maximum Gasteiger partial charge on any atom is 0.342 e. The molecule has 0 unspecified atom stereocenters. The van der Waals surface area contributed by atoms with E-state index in [-0.39, 0.29) is 12.1 Å². The third kappa shape index (κ3) is 3.31. The van der Waals surface area contributed by atoms with E-state index in [1.807, 2.05) is 29.6 Å². The predicted molar refractivity (Wildman–Crippen MR) is 99.2 cm³/mol. The number of nitrogens with one attached hydrogen (secondary N) is 1. The summed E-state index contributed by atoms with van der Waals surface area (Å²) in [5.74, 6) is 0.705. The average molecular weight is 372 g/mol. The van der Waals surface area contributed by atoms with Gasteiger partial charge in [-0.25, -0.2) is 9.80 Å². The maximum atomic E-state index is 12.8. The van der Waals surface area contributed by atoms with Gasteiger partial charge < -0.3 is 9.73 Å². The van der Waals surface area contributed by atoms with Gasteiger partial charge in [0.05, 0.1) is 16.9 Å². The van der Waals surface area contributed by atoms with Gasteiger partial charge in [0.2, 0.25) is 0 Å². The highest BCUT2D eigenvalue weighted by atomic mass is 35.5. The lowest BCUT2D eigenvalue weighted by Crippen LogP contribution is -2.31. The SMILES string of the molecule is O=C(Nc1cccc(Cl)c1)N1N=C(c2cccs2)C[C@@H]1c1ccco1. The van der Waals surface area contributed by atoms with Crippen molar-refractivity contribution in [2.45, 2.75) is 12.5 Å². The molecule has 1 aliphatic heterocycles. The largest absolute Gasteiger partial charge is 0.467 e. The number of nitrogens with zero attached hydrogens (tertiary/aromatic N) is 2. The highest BCUT2D eigenvalue weighted by Crippen LogP contribution is 2.34. The molecule has 25 heavy (non-hydrogen) atoms. The number of amides is 2. The van der Waals surface area contributed by atoms with Gasteiger partial charge in [0, 0.05) is 17.1 Å². The van der Waals surface area contributed by atoms with E-state index in [4.69, 9.17) is 16.0 Å². The molecule has 0 saturated heterocycles. The number of hydrogen-bond donors (Lipinski definition) is 1. The molecule has 5 nitrogen and oxygen atoms in total. The molecular weight excluding hydrogens is 358 g/mol. The molecule has 0 spiro atoms. The summed E-state index contributed by atoms with van der Waals surface area (Å²) in [6.45, 7) is 0. The first-order valence-electron chi connectivity index (χ1n) is 7.71. The summed E-state index contributed by atoms with van der Waals surface area (Å²) in [5.41, 5.74) is 1.49. The number of halogens is 1. The fourth-order valence-corrected chi connectivity index (χ4v) is 3.65. The molecule has 0 bridgehead atoms. The van der Waals surface area contributed by atoms with E-state index in [1.165, 1.54) is 5.01 Å². The van der Waals surface area contributed by atoms with E-state index in [0.29, 0.717) is 22.9 Å². The second-order valence-corrected chi connectivity index (χ2v) is 6.93. The molecule has 1 N–H and O–H groups in total. The zero-order valence-corrected chi connectivity index (χ0v) is 14.6. The summed E-state index contributed by atoms with van der Waals surface area (Å²) in [4.78, 5) is 13.8. The first-order valence-corrected chi connectivity index (χ1v) is 8.97. The van der Waals surface area contributed by atoms with Gasteiger partial charge in [-0.3, -0.25) is 0 Å². The molecule has 7 heteroatoms. The fourth-order valence-electron chi connectivity index (χ4n) is 2.74. The molecule has 3 aromatic rings. The molecule has 0 fully saturated rings. The van der Waals surface area contributed by atoms with Gasteiger partial charge in [0.15, 0.2) is 0 Å². The second kappa shape index (κ2) is 6.74. The highest BCUT2D eigenvalue weighted by Gasteiger charge is 2.35. The zero-order chi connectivity index (χ0) is 17.2. The lowest BCUT2D eigenvalue weighted by molar-refractivity contribution is 0.192. The Morgan fingerprint density at radius 1 is 1.28 bits per heavy atom. The van der Waals surface area contributed by atoms with E-state index in [2.05, 4.69) is 10.4 Å². The summed E-state index contributed by atoms with van der Waals surface area (Å²) in [7, 11) is 0. The Bertz CT molecular complexity index is 906. The third-order valence-electron chi connectivity index (χ3n) is 3.87. The van der Waals surface area contributed by atoms with Crippen LogP contribution < -0.4 is 5.32 Å². The monoisotopic (exact) mass is 371 g/mol. The Kier molecular flexibility index (Phi) is 4.29. The van der Waals surface area contributed by atoms with Gasteiger partial charge >= 0.3 is 6.03 Å². The minimum Gasteiger partial charge on any atom is -0.467 e. The molecule has 4 rings (SSSR count). The van der Waals surface area contributed by atoms with Crippen molar-refractivity contribution in [3.8, 4) is 0 Å². The molecular formula is C18H14ClN3O2S. The summed E-state index contributed by atoms with van der Waals surface area (Å²) >= 11 is 7.58. The van der Waals surface area contributed by atoms with E-state index in [0.717, 1.165) is 10.6 Å². The topological polar surface area (TPSA) is 57.8 Å². The van der Waals surface area contributed by atoms with Crippen LogP contribution in [-0.2, 0) is 0 Å². The molecule has 3 heterocycles. The number of furan rings is 1. The minimum absolute atomic E-state index is 0.272. The van der Waals surface area contributed by atoms with Crippen molar-refractivity contribution in [1.82, 2.24) is 5.01 Å². The fraction of sp³-hybridized carbons (Fsp3) is 0.111. The lowest BCUT2D eigenvalue weighted by atomic mass is 10.1. The van der Waals surface area contributed by atoms with Crippen molar-refractivity contribution in [3.63, 3.8) is 0 Å². The number of benzene rings is 1. The van der Waals surface area contributed by atoms with Crippen LogP contribution in [0.2, 0.25) is 5.02 Å². The number of rotatable bonds is 3. The number of urea groups is 1. The minimum atomic E-state index is -0.324. The molecule has 0 aliphatic carbocycles. The van der Waals surface area contributed by atoms with Crippen LogP contribution in [0.1, 0.15) is 23.1 Å². The van der Waals surface area contributed by atoms with Gasteiger partial charge in [-0.1, -0.05) is 23.7 Å². The lowest BCUT2D eigenvalue weighted by Gasteiger charge is -2.20. The summed E-state index contributed by atoms with van der Waals surface area (Å²) in [6.07, 6.45) is 2.21. The van der Waals surface area contributed by atoms with Crippen molar-refractivity contribution >= 4 is 40.4 Å². The Morgan fingerprint density at radius 3 is 2.92 bits per heavy atom. The van der Waals surface area contributed by atoms with Crippen LogP contribution in [0.5, 0.6) is 0 Å². The first-order chi connectivity index (χ1) is 12.2. The van der Waals surface area contributed by atoms with Gasteiger partial charge in [0.25, 0.3) is 0 Å². The van der Waals surface area contributed by atoms with Gasteiger partial charge in [-0.2, -0.15) is 5.10 Å². The van der Waals surface area contributed by atoms with Crippen LogP contribution in [0.25, 0.3) is 0 Å². The average Bonchev–Trinajstić information content (AvgIpc) is 3.34. The third-order valence-corrected chi connectivity index (χ3v) is 5.03. The van der Waals surface area contributed by atoms with Crippen LogP contribution in [0.15, 0.2) is 69.7 Å². The maximum absolute atomic E-state index is 12.8. The molecule has 126 valence electrons. The van der Waals surface area contributed by atoms with Crippen LogP contribution >= 0.6 is 22.9 Å². The Morgan fingerprint density at radius 2 is 2.20 bits per heavy atom. The van der Waals surface area contributed by atoms with E-state index >= 15 is 0 Å². The van der Waals surface area contributed by atoms with Gasteiger partial charge in [-0.15, -0.1) is 11.3 Å². The summed E-state index contributed by atoms with van der Waals surface area (Å²) in [6, 6.07) is 14.1. The number of hydrazone groups is 1. The second-order valence-electron chi connectivity index (χ2n) is 5.54. The Balaban J connectivity index is 1.62. The van der Waals surface area contributed by atoms with Gasteiger partial charge in [0.1, 0.15) is 11.8 Å². The number of anilines is 1. The van der Waals surface area contributed by atoms with Crippen LogP contribution in [0.3, 0.4) is 0 Å². The normalized spacial score (nSPS) is 16.8. The van der Waals surface area contributed by atoms with Gasteiger partial charge in [-0.05, 0) is 41.8 Å². The quantitative estimate of drug-likeness (QED) is 0.672. The number of thiophene rings is 1. The molecule has 1 aromatic carbocycles. The first kappa shape index (κ1) is 15.9. The smallest absolute Gasteiger partial charge is 0.342 e. The van der Waals surface area contributed by atoms with E-state index in [9.17, 15) is 4.79 Å². The zero-order valence-electron chi connectivity index (χ0n) is 13.1. The summed E-state index contributed by atoms with van der Waals surface area (Å²) in [5, 5.41) is 11.4. The van der Waals surface area contributed by atoms with Crippen molar-refractivity contribution < 1.29 is 9.21 Å². The molecule has 2 amide bonds. The molecule has 0 radical (unpaired) electrons. The number of carbonyl (C=O) groups excluding carboxylic acids is 1. The number of hydrogen-bond acceptors (Lipinski definition) is 4. The van der Waals surface area contributed by atoms with Crippen LogP contribution in [0.4, 0.5) is 10.5 Å². The Hall–Kier alpha value is -2.57.